The second-order valence-electron chi connectivity index (χ2n) is 4.34. The van der Waals surface area contributed by atoms with E-state index in [1.165, 1.54) is 0 Å². The summed E-state index contributed by atoms with van der Waals surface area (Å²) in [6.45, 7) is 0. The van der Waals surface area contributed by atoms with E-state index in [2.05, 4.69) is 4.74 Å². The molecule has 1 rings (SSSR count). The van der Waals surface area contributed by atoms with Crippen LogP contribution in [0.25, 0.3) is 0 Å². The molecule has 1 aliphatic heterocycles. The van der Waals surface area contributed by atoms with Crippen molar-refractivity contribution in [2.75, 3.05) is 7.05 Å². The highest BCUT2D eigenvalue weighted by Gasteiger charge is 2.80. The molecule has 0 amide bonds. The maximum atomic E-state index is 12.7. The van der Waals surface area contributed by atoms with Gasteiger partial charge >= 0.3 is 30.2 Å². The van der Waals surface area contributed by atoms with Crippen LogP contribution in [-0.2, 0) is 9.53 Å². The lowest BCUT2D eigenvalue weighted by molar-refractivity contribution is -0.398. The van der Waals surface area contributed by atoms with E-state index in [1.54, 1.807) is 0 Å². The van der Waals surface area contributed by atoms with Gasteiger partial charge in [0, 0.05) is 6.42 Å². The largest absolute Gasteiger partial charge is 0.453 e. The van der Waals surface area contributed by atoms with E-state index in [4.69, 9.17) is 0 Å². The number of alkyl halides is 9. The van der Waals surface area contributed by atoms with E-state index in [-0.39, 0.29) is 7.05 Å². The topological polar surface area (TPSA) is 29.5 Å². The third kappa shape index (κ3) is 3.04. The minimum absolute atomic E-state index is 0.243. The molecular weight excluding hydrogens is 325 g/mol. The Morgan fingerprint density at radius 2 is 1.48 bits per heavy atom. The number of halogens is 9. The standard InChI is InChI=1S/C9H8F9NO2/c1-19-4(2-3-6(10,11)12)5(20)21-7(19,8(13,14)15)9(16,17)18/h4H,2-3H2,1H3/t4-/m0/s1. The fourth-order valence-corrected chi connectivity index (χ4v) is 1.95. The molecule has 0 unspecified atom stereocenters. The second-order valence-corrected chi connectivity index (χ2v) is 4.34. The number of nitrogens with zero attached hydrogens (tertiary/aromatic N) is 1. The Kier molecular flexibility index (Phi) is 4.18. The molecule has 0 saturated carbocycles. The first kappa shape index (κ1) is 17.9. The zero-order valence-electron chi connectivity index (χ0n) is 10.2. The van der Waals surface area contributed by atoms with E-state index in [0.29, 0.717) is 0 Å². The van der Waals surface area contributed by atoms with Gasteiger partial charge in [-0.3, -0.25) is 4.79 Å². The number of ether oxygens (including phenoxy) is 1. The minimum Gasteiger partial charge on any atom is -0.423 e. The molecule has 1 saturated heterocycles. The molecule has 0 radical (unpaired) electrons. The average Bonchev–Trinajstić information content (AvgIpc) is 2.46. The maximum Gasteiger partial charge on any atom is 0.453 e. The first-order valence-corrected chi connectivity index (χ1v) is 5.29. The quantitative estimate of drug-likeness (QED) is 0.575. The van der Waals surface area contributed by atoms with Crippen molar-refractivity contribution in [2.45, 2.75) is 43.1 Å². The zero-order valence-corrected chi connectivity index (χ0v) is 10.2. The van der Waals surface area contributed by atoms with Gasteiger partial charge in [0.2, 0.25) is 0 Å². The Bertz CT molecular complexity index is 397. The van der Waals surface area contributed by atoms with E-state index in [0.717, 1.165) is 0 Å². The summed E-state index contributed by atoms with van der Waals surface area (Å²) in [5.41, 5.74) is -4.94. The third-order valence-corrected chi connectivity index (χ3v) is 2.95. The predicted octanol–water partition coefficient (Wildman–Crippen LogP) is 3.01. The molecule has 1 aliphatic rings. The molecule has 0 N–H and O–H groups in total. The van der Waals surface area contributed by atoms with Crippen LogP contribution in [0.1, 0.15) is 12.8 Å². The summed E-state index contributed by atoms with van der Waals surface area (Å²) in [5.74, 6) is -2.00. The van der Waals surface area contributed by atoms with Crippen LogP contribution in [0.5, 0.6) is 0 Å². The lowest BCUT2D eigenvalue weighted by atomic mass is 10.1. The highest BCUT2D eigenvalue weighted by molar-refractivity contribution is 5.78. The van der Waals surface area contributed by atoms with E-state index in [9.17, 15) is 44.3 Å². The van der Waals surface area contributed by atoms with Crippen molar-refractivity contribution in [1.82, 2.24) is 4.90 Å². The number of hydrogen-bond donors (Lipinski definition) is 0. The minimum atomic E-state index is -6.05. The summed E-state index contributed by atoms with van der Waals surface area (Å²) < 4.78 is 116. The van der Waals surface area contributed by atoms with Crippen LogP contribution in [0.15, 0.2) is 0 Å². The number of cyclic esters (lactones) is 1. The van der Waals surface area contributed by atoms with Crippen LogP contribution in [0.4, 0.5) is 39.5 Å². The van der Waals surface area contributed by atoms with Crippen molar-refractivity contribution in [3.8, 4) is 0 Å². The number of rotatable bonds is 2. The van der Waals surface area contributed by atoms with Gasteiger partial charge in [0.05, 0.1) is 0 Å². The van der Waals surface area contributed by atoms with Crippen LogP contribution in [0, 0.1) is 0 Å². The average molecular weight is 333 g/mol. The van der Waals surface area contributed by atoms with Crippen LogP contribution in [0.2, 0.25) is 0 Å². The normalized spacial score (nSPS) is 24.3. The number of carbonyl (C=O) groups excluding carboxylic acids is 1. The summed E-state index contributed by atoms with van der Waals surface area (Å²) >= 11 is 0. The Labute approximate surface area is 111 Å². The summed E-state index contributed by atoms with van der Waals surface area (Å²) in [6, 6.07) is -2.30. The molecule has 1 atom stereocenters. The molecular formula is C9H8F9NO2. The summed E-state index contributed by atoms with van der Waals surface area (Å²) in [4.78, 5) is 10.6. The van der Waals surface area contributed by atoms with Gasteiger partial charge in [-0.05, 0) is 13.5 Å². The van der Waals surface area contributed by atoms with Crippen molar-refractivity contribution >= 4 is 5.97 Å². The molecule has 0 bridgehead atoms. The third-order valence-electron chi connectivity index (χ3n) is 2.95. The highest BCUT2D eigenvalue weighted by atomic mass is 19.4. The Balaban J connectivity index is 3.14. The molecule has 0 aliphatic carbocycles. The van der Waals surface area contributed by atoms with Crippen molar-refractivity contribution < 1.29 is 49.0 Å². The summed E-state index contributed by atoms with van der Waals surface area (Å²) in [6.07, 6.45) is -19.9. The number of esters is 1. The van der Waals surface area contributed by atoms with E-state index >= 15 is 0 Å². The zero-order chi connectivity index (χ0) is 16.9. The molecule has 3 nitrogen and oxygen atoms in total. The van der Waals surface area contributed by atoms with Gasteiger partial charge in [-0.1, -0.05) is 0 Å². The van der Waals surface area contributed by atoms with Crippen LogP contribution >= 0.6 is 0 Å². The van der Waals surface area contributed by atoms with Crippen molar-refractivity contribution in [3.63, 3.8) is 0 Å². The van der Waals surface area contributed by atoms with Crippen LogP contribution in [0.3, 0.4) is 0 Å². The van der Waals surface area contributed by atoms with Crippen molar-refractivity contribution in [2.24, 2.45) is 0 Å². The fourth-order valence-electron chi connectivity index (χ4n) is 1.95. The van der Waals surface area contributed by atoms with Crippen LogP contribution < -0.4 is 0 Å². The van der Waals surface area contributed by atoms with Gasteiger partial charge in [0.25, 0.3) is 0 Å². The lowest BCUT2D eigenvalue weighted by Gasteiger charge is -2.37. The molecule has 21 heavy (non-hydrogen) atoms. The van der Waals surface area contributed by atoms with Gasteiger partial charge in [-0.2, -0.15) is 39.5 Å². The molecule has 124 valence electrons. The molecule has 0 spiro atoms. The maximum absolute atomic E-state index is 12.7. The molecule has 1 fully saturated rings. The monoisotopic (exact) mass is 333 g/mol. The van der Waals surface area contributed by atoms with E-state index < -0.39 is 54.0 Å². The number of hydrogen-bond acceptors (Lipinski definition) is 3. The Hall–Kier alpha value is -1.20. The fraction of sp³-hybridized carbons (Fsp3) is 0.889. The van der Waals surface area contributed by atoms with Gasteiger partial charge in [-0.25, -0.2) is 4.90 Å². The SMILES string of the molecule is CN1[C@@H](CCC(F)(F)F)C(=O)OC1(C(F)(F)F)C(F)(F)F. The smallest absolute Gasteiger partial charge is 0.423 e. The first-order chi connectivity index (χ1) is 9.13. The van der Waals surface area contributed by atoms with E-state index in [1.807, 2.05) is 0 Å². The second kappa shape index (κ2) is 4.92. The van der Waals surface area contributed by atoms with Gasteiger partial charge < -0.3 is 4.74 Å². The lowest BCUT2D eigenvalue weighted by Crippen LogP contribution is -2.65. The molecule has 0 aromatic rings. The molecule has 0 aromatic carbocycles. The highest BCUT2D eigenvalue weighted by Crippen LogP contribution is 2.52. The van der Waals surface area contributed by atoms with Crippen molar-refractivity contribution in [1.29, 1.82) is 0 Å². The molecule has 0 aromatic heterocycles. The van der Waals surface area contributed by atoms with Gasteiger partial charge in [0.1, 0.15) is 6.04 Å². The predicted molar refractivity (Wildman–Crippen MR) is 47.8 cm³/mol. The van der Waals surface area contributed by atoms with Crippen LogP contribution in [-0.4, -0.2) is 48.2 Å². The van der Waals surface area contributed by atoms with Crippen molar-refractivity contribution in [3.05, 3.63) is 0 Å². The summed E-state index contributed by atoms with van der Waals surface area (Å²) in [7, 11) is 0.243. The summed E-state index contributed by atoms with van der Waals surface area (Å²) in [5, 5.41) is 0. The number of carbonyl (C=O) groups is 1. The Morgan fingerprint density at radius 3 is 1.76 bits per heavy atom. The van der Waals surface area contributed by atoms with Gasteiger partial charge in [-0.15, -0.1) is 0 Å². The van der Waals surface area contributed by atoms with Gasteiger partial charge in [0.15, 0.2) is 0 Å². The molecule has 1 heterocycles. The first-order valence-electron chi connectivity index (χ1n) is 5.29. The molecule has 12 heteroatoms. The Morgan fingerprint density at radius 1 is 1.05 bits per heavy atom. The number of likely N-dealkylation sites (N-methyl/N-ethyl adjacent to an activating group) is 1.